The maximum atomic E-state index is 12.7. The summed E-state index contributed by atoms with van der Waals surface area (Å²) in [6.45, 7) is 8.85. The molecule has 1 aliphatic heterocycles. The molecular formula is C29H34N6O2. The van der Waals surface area contributed by atoms with Gasteiger partial charge in [0.2, 0.25) is 0 Å². The fourth-order valence-corrected chi connectivity index (χ4v) is 4.66. The third-order valence-electron chi connectivity index (χ3n) is 7.09. The van der Waals surface area contributed by atoms with Crippen molar-refractivity contribution in [3.05, 3.63) is 66.2 Å². The Balaban J connectivity index is 1.21. The molecule has 4 heterocycles. The van der Waals surface area contributed by atoms with E-state index in [-0.39, 0.29) is 5.97 Å². The van der Waals surface area contributed by atoms with Gasteiger partial charge >= 0.3 is 5.97 Å². The van der Waals surface area contributed by atoms with Gasteiger partial charge in [0, 0.05) is 42.5 Å². The van der Waals surface area contributed by atoms with Crippen molar-refractivity contribution >= 4 is 16.9 Å². The van der Waals surface area contributed by atoms with E-state index in [9.17, 15) is 4.79 Å². The molecule has 1 saturated heterocycles. The van der Waals surface area contributed by atoms with Crippen LogP contribution in [0.1, 0.15) is 35.8 Å². The van der Waals surface area contributed by atoms with Crippen molar-refractivity contribution in [2.75, 3.05) is 39.8 Å². The Hall–Kier alpha value is -3.62. The monoisotopic (exact) mass is 498 g/mol. The number of aryl methyl sites for hydroxylation is 1. The number of ether oxygens (including phenoxy) is 1. The Morgan fingerprint density at radius 2 is 2.00 bits per heavy atom. The van der Waals surface area contributed by atoms with Gasteiger partial charge < -0.3 is 19.9 Å². The van der Waals surface area contributed by atoms with Gasteiger partial charge in [-0.25, -0.2) is 9.78 Å². The maximum absolute atomic E-state index is 12.7. The molecule has 8 heteroatoms. The first-order chi connectivity index (χ1) is 17.9. The van der Waals surface area contributed by atoms with Gasteiger partial charge in [-0.2, -0.15) is 0 Å². The van der Waals surface area contributed by atoms with Gasteiger partial charge in [0.25, 0.3) is 0 Å². The number of pyridine rings is 2. The van der Waals surface area contributed by atoms with Gasteiger partial charge in [-0.05, 0) is 69.1 Å². The molecule has 0 aliphatic carbocycles. The second-order valence-corrected chi connectivity index (χ2v) is 10.4. The molecule has 0 saturated carbocycles. The number of hydrogen-bond acceptors (Lipinski definition) is 7. The third-order valence-corrected chi connectivity index (χ3v) is 7.09. The summed E-state index contributed by atoms with van der Waals surface area (Å²) in [5.74, 6) is -0.347. The summed E-state index contributed by atoms with van der Waals surface area (Å²) in [6.07, 6.45) is 5.24. The Kier molecular flexibility index (Phi) is 7.30. The number of aromatic amines is 1. The van der Waals surface area contributed by atoms with Gasteiger partial charge in [-0.15, -0.1) is 0 Å². The quantitative estimate of drug-likeness (QED) is 0.246. The van der Waals surface area contributed by atoms with Crippen LogP contribution in [-0.2, 0) is 4.74 Å². The van der Waals surface area contributed by atoms with E-state index in [2.05, 4.69) is 44.1 Å². The van der Waals surface area contributed by atoms with Crippen molar-refractivity contribution < 1.29 is 9.53 Å². The third kappa shape index (κ3) is 5.87. The zero-order valence-electron chi connectivity index (χ0n) is 21.8. The van der Waals surface area contributed by atoms with Crippen molar-refractivity contribution in [3.63, 3.8) is 0 Å². The first-order valence-corrected chi connectivity index (χ1v) is 12.8. The minimum atomic E-state index is -0.347. The molecule has 4 aromatic rings. The summed E-state index contributed by atoms with van der Waals surface area (Å²) in [7, 11) is 2.13. The molecular weight excluding hydrogens is 464 g/mol. The predicted molar refractivity (Wildman–Crippen MR) is 145 cm³/mol. The standard InChI is InChI=1S/C29H34N6O2/c1-20-6-4-7-25(34-20)27-26(32-19-33-27)21-8-9-24-22(14-21)15-23(16-31-24)28(36)37-13-5-11-35(3)12-10-29(2)17-30-18-29/h4,6-9,14-16,19,30H,5,10-13,17-18H2,1-3H3,(H,32,33). The number of benzene rings is 1. The molecule has 37 heavy (non-hydrogen) atoms. The van der Waals surface area contributed by atoms with Crippen molar-refractivity contribution in [3.8, 4) is 22.6 Å². The Morgan fingerprint density at radius 3 is 2.78 bits per heavy atom. The maximum Gasteiger partial charge on any atom is 0.339 e. The number of carbonyl (C=O) groups excluding carboxylic acids is 1. The van der Waals surface area contributed by atoms with Crippen LogP contribution in [0.15, 0.2) is 55.0 Å². The number of H-pyrrole nitrogens is 1. The highest BCUT2D eigenvalue weighted by molar-refractivity contribution is 5.95. The summed E-state index contributed by atoms with van der Waals surface area (Å²) in [6, 6.07) is 13.7. The van der Waals surface area contributed by atoms with E-state index < -0.39 is 0 Å². The molecule has 0 amide bonds. The van der Waals surface area contributed by atoms with E-state index in [1.807, 2.05) is 49.4 Å². The zero-order chi connectivity index (χ0) is 25.8. The number of rotatable bonds is 10. The molecule has 0 spiro atoms. The smallest absolute Gasteiger partial charge is 0.339 e. The van der Waals surface area contributed by atoms with E-state index >= 15 is 0 Å². The van der Waals surface area contributed by atoms with E-state index in [4.69, 9.17) is 4.74 Å². The fraction of sp³-hybridized carbons (Fsp3) is 0.379. The molecule has 0 unspecified atom stereocenters. The predicted octanol–water partition coefficient (Wildman–Crippen LogP) is 4.47. The van der Waals surface area contributed by atoms with E-state index in [0.717, 1.165) is 71.8 Å². The molecule has 1 fully saturated rings. The topological polar surface area (TPSA) is 96.0 Å². The summed E-state index contributed by atoms with van der Waals surface area (Å²) < 4.78 is 5.55. The molecule has 3 aromatic heterocycles. The van der Waals surface area contributed by atoms with Crippen LogP contribution < -0.4 is 5.32 Å². The van der Waals surface area contributed by atoms with Crippen LogP contribution in [0.5, 0.6) is 0 Å². The van der Waals surface area contributed by atoms with Gasteiger partial charge in [0.1, 0.15) is 0 Å². The van der Waals surface area contributed by atoms with E-state index in [0.29, 0.717) is 17.6 Å². The first-order valence-electron chi connectivity index (χ1n) is 12.8. The number of hydrogen-bond donors (Lipinski definition) is 2. The zero-order valence-corrected chi connectivity index (χ0v) is 21.8. The lowest BCUT2D eigenvalue weighted by atomic mass is 9.81. The number of esters is 1. The molecule has 0 atom stereocenters. The highest BCUT2D eigenvalue weighted by Crippen LogP contribution is 2.30. The molecule has 2 N–H and O–H groups in total. The minimum Gasteiger partial charge on any atom is -0.462 e. The number of aromatic nitrogens is 4. The molecule has 8 nitrogen and oxygen atoms in total. The van der Waals surface area contributed by atoms with Crippen LogP contribution >= 0.6 is 0 Å². The molecule has 0 radical (unpaired) electrons. The highest BCUT2D eigenvalue weighted by Gasteiger charge is 2.31. The number of nitrogens with one attached hydrogen (secondary N) is 2. The second-order valence-electron chi connectivity index (χ2n) is 10.4. The van der Waals surface area contributed by atoms with Crippen LogP contribution in [0.2, 0.25) is 0 Å². The van der Waals surface area contributed by atoms with Crippen molar-refractivity contribution in [1.29, 1.82) is 0 Å². The lowest BCUT2D eigenvalue weighted by molar-refractivity contribution is 0.0488. The highest BCUT2D eigenvalue weighted by atomic mass is 16.5. The van der Waals surface area contributed by atoms with Crippen LogP contribution in [-0.4, -0.2) is 70.6 Å². The van der Waals surface area contributed by atoms with Gasteiger partial charge in [0.05, 0.1) is 41.1 Å². The summed E-state index contributed by atoms with van der Waals surface area (Å²) >= 11 is 0. The summed E-state index contributed by atoms with van der Waals surface area (Å²) in [5, 5.41) is 4.21. The van der Waals surface area contributed by atoms with Crippen molar-refractivity contribution in [2.24, 2.45) is 5.41 Å². The molecule has 1 aliphatic rings. The van der Waals surface area contributed by atoms with Crippen LogP contribution in [0.3, 0.4) is 0 Å². The molecule has 1 aromatic carbocycles. The van der Waals surface area contributed by atoms with Crippen LogP contribution in [0, 0.1) is 12.3 Å². The van der Waals surface area contributed by atoms with Crippen molar-refractivity contribution in [1.82, 2.24) is 30.2 Å². The summed E-state index contributed by atoms with van der Waals surface area (Å²) in [5.41, 5.74) is 6.05. The number of nitrogens with zero attached hydrogens (tertiary/aromatic N) is 4. The van der Waals surface area contributed by atoms with Crippen LogP contribution in [0.4, 0.5) is 0 Å². The largest absolute Gasteiger partial charge is 0.462 e. The SMILES string of the molecule is Cc1cccc(-c2[nH]cnc2-c2ccc3ncc(C(=O)OCCCN(C)CCC4(C)CNC4)cc3c2)n1. The number of fused-ring (bicyclic) bond motifs is 1. The molecule has 192 valence electrons. The normalized spacial score (nSPS) is 14.6. The number of imidazole rings is 1. The van der Waals surface area contributed by atoms with Crippen molar-refractivity contribution in [2.45, 2.75) is 26.7 Å². The average Bonchev–Trinajstić information content (AvgIpc) is 3.38. The molecule has 0 bridgehead atoms. The fourth-order valence-electron chi connectivity index (χ4n) is 4.66. The van der Waals surface area contributed by atoms with Gasteiger partial charge in [-0.1, -0.05) is 19.1 Å². The number of carbonyl (C=O) groups is 1. The Bertz CT molecular complexity index is 1390. The van der Waals surface area contributed by atoms with E-state index in [1.54, 1.807) is 12.5 Å². The lowest BCUT2D eigenvalue weighted by Crippen LogP contribution is -2.52. The van der Waals surface area contributed by atoms with Gasteiger partial charge in [-0.3, -0.25) is 9.97 Å². The lowest BCUT2D eigenvalue weighted by Gasteiger charge is -2.40. The average molecular weight is 499 g/mol. The van der Waals surface area contributed by atoms with Gasteiger partial charge in [0.15, 0.2) is 0 Å². The Morgan fingerprint density at radius 1 is 1.14 bits per heavy atom. The first kappa shape index (κ1) is 25.0. The minimum absolute atomic E-state index is 0.347. The second kappa shape index (κ2) is 10.8. The summed E-state index contributed by atoms with van der Waals surface area (Å²) in [4.78, 5) is 31.9. The Labute approximate surface area is 217 Å². The van der Waals surface area contributed by atoms with Crippen LogP contribution in [0.25, 0.3) is 33.5 Å². The molecule has 5 rings (SSSR count). The van der Waals surface area contributed by atoms with E-state index in [1.165, 1.54) is 6.42 Å².